The first kappa shape index (κ1) is 15.2. The van der Waals surface area contributed by atoms with Crippen LogP contribution in [0.1, 0.15) is 36.7 Å². The smallest absolute Gasteiger partial charge is 0.249 e. The van der Waals surface area contributed by atoms with Gasteiger partial charge >= 0.3 is 0 Å². The van der Waals surface area contributed by atoms with E-state index in [4.69, 9.17) is 5.73 Å². The molecule has 0 bridgehead atoms. The molecule has 1 rings (SSSR count). The van der Waals surface area contributed by atoms with Crippen LogP contribution in [-0.4, -0.2) is 23.9 Å². The van der Waals surface area contributed by atoms with Crippen molar-refractivity contribution < 1.29 is 9.59 Å². The Morgan fingerprint density at radius 3 is 2.42 bits per heavy atom. The molecule has 0 saturated carbocycles. The summed E-state index contributed by atoms with van der Waals surface area (Å²) in [6.07, 6.45) is 0. The first-order valence-corrected chi connectivity index (χ1v) is 6.15. The third-order valence-corrected chi connectivity index (χ3v) is 2.65. The Morgan fingerprint density at radius 1 is 1.26 bits per heavy atom. The van der Waals surface area contributed by atoms with Crippen LogP contribution >= 0.6 is 0 Å². The molecule has 1 aromatic carbocycles. The van der Waals surface area contributed by atoms with Crippen molar-refractivity contribution in [2.45, 2.75) is 33.2 Å². The maximum atomic E-state index is 11.8. The number of nitrogens with two attached hydrogens (primary N) is 1. The van der Waals surface area contributed by atoms with Crippen LogP contribution in [0.5, 0.6) is 0 Å². The highest BCUT2D eigenvalue weighted by atomic mass is 16.2. The number of rotatable bonds is 4. The van der Waals surface area contributed by atoms with Gasteiger partial charge in [-0.25, -0.2) is 0 Å². The summed E-state index contributed by atoms with van der Waals surface area (Å²) in [5.41, 5.74) is 6.85. The summed E-state index contributed by atoms with van der Waals surface area (Å²) in [6, 6.07) is 5.08. The average molecular weight is 263 g/mol. The van der Waals surface area contributed by atoms with E-state index in [-0.39, 0.29) is 18.0 Å². The quantitative estimate of drug-likeness (QED) is 0.768. The van der Waals surface area contributed by atoms with Gasteiger partial charge in [0.15, 0.2) is 0 Å². The van der Waals surface area contributed by atoms with Crippen molar-refractivity contribution in [3.8, 4) is 0 Å². The molecule has 0 unspecified atom stereocenters. The summed E-state index contributed by atoms with van der Waals surface area (Å²) in [4.78, 5) is 23.0. The molecule has 0 aromatic heterocycles. The van der Waals surface area contributed by atoms with Crippen LogP contribution in [0.3, 0.4) is 0 Å². The van der Waals surface area contributed by atoms with Crippen molar-refractivity contribution in [1.82, 2.24) is 5.32 Å². The van der Waals surface area contributed by atoms with E-state index in [1.165, 1.54) is 0 Å². The molecule has 5 heteroatoms. The molecule has 0 aliphatic carbocycles. The van der Waals surface area contributed by atoms with E-state index in [0.29, 0.717) is 16.8 Å². The van der Waals surface area contributed by atoms with E-state index >= 15 is 0 Å². The molecule has 0 spiro atoms. The number of hydrogen-bond donors (Lipinski definition) is 3. The second-order valence-corrected chi connectivity index (χ2v) is 5.49. The van der Waals surface area contributed by atoms with E-state index in [1.807, 2.05) is 20.8 Å². The van der Waals surface area contributed by atoms with Crippen LogP contribution in [0.4, 0.5) is 5.69 Å². The number of carbonyl (C=O) groups is 2. The molecule has 1 aromatic rings. The maximum absolute atomic E-state index is 11.8. The second kappa shape index (κ2) is 5.84. The Bertz CT molecular complexity index is 490. The van der Waals surface area contributed by atoms with E-state index in [1.54, 1.807) is 25.1 Å². The predicted octanol–water partition coefficient (Wildman–Crippen LogP) is 1.42. The highest BCUT2D eigenvalue weighted by molar-refractivity contribution is 5.98. The standard InChI is InChI=1S/C14H21N3O2/c1-9-10(13(15)19)6-5-7-11(9)17-12(18)8-16-14(2,3)4/h5-7,16H,8H2,1-4H3,(H2,15,19)(H,17,18). The number of benzene rings is 1. The van der Waals surface area contributed by atoms with Crippen molar-refractivity contribution in [2.75, 3.05) is 11.9 Å². The van der Waals surface area contributed by atoms with E-state index < -0.39 is 5.91 Å². The van der Waals surface area contributed by atoms with Gasteiger partial charge < -0.3 is 16.4 Å². The fraction of sp³-hybridized carbons (Fsp3) is 0.429. The molecular formula is C14H21N3O2. The molecule has 2 amide bonds. The van der Waals surface area contributed by atoms with Crippen LogP contribution in [0.25, 0.3) is 0 Å². The van der Waals surface area contributed by atoms with Gasteiger partial charge in [0.05, 0.1) is 6.54 Å². The van der Waals surface area contributed by atoms with Crippen LogP contribution in [0, 0.1) is 6.92 Å². The molecule has 0 fully saturated rings. The Labute approximate surface area is 113 Å². The van der Waals surface area contributed by atoms with E-state index in [9.17, 15) is 9.59 Å². The highest BCUT2D eigenvalue weighted by Gasteiger charge is 2.13. The fourth-order valence-electron chi connectivity index (χ4n) is 1.58. The summed E-state index contributed by atoms with van der Waals surface area (Å²) in [5.74, 6) is -0.652. The molecule has 0 saturated heterocycles. The first-order chi connectivity index (χ1) is 8.70. The molecule has 0 aliphatic rings. The molecule has 104 valence electrons. The topological polar surface area (TPSA) is 84.2 Å². The zero-order valence-electron chi connectivity index (χ0n) is 11.8. The van der Waals surface area contributed by atoms with Crippen LogP contribution in [0.2, 0.25) is 0 Å². The molecule has 19 heavy (non-hydrogen) atoms. The van der Waals surface area contributed by atoms with Crippen molar-refractivity contribution in [2.24, 2.45) is 5.73 Å². The number of amides is 2. The Morgan fingerprint density at radius 2 is 1.89 bits per heavy atom. The van der Waals surface area contributed by atoms with Crippen LogP contribution in [-0.2, 0) is 4.79 Å². The third kappa shape index (κ3) is 4.71. The first-order valence-electron chi connectivity index (χ1n) is 6.15. The zero-order chi connectivity index (χ0) is 14.6. The summed E-state index contributed by atoms with van der Waals surface area (Å²) >= 11 is 0. The fourth-order valence-corrected chi connectivity index (χ4v) is 1.58. The summed E-state index contributed by atoms with van der Waals surface area (Å²) in [7, 11) is 0. The van der Waals surface area contributed by atoms with Gasteiger partial charge in [-0.15, -0.1) is 0 Å². The summed E-state index contributed by atoms with van der Waals surface area (Å²) in [5, 5.41) is 5.86. The normalized spacial score (nSPS) is 11.2. The number of primary amides is 1. The second-order valence-electron chi connectivity index (χ2n) is 5.49. The SMILES string of the molecule is Cc1c(NC(=O)CNC(C)(C)C)cccc1C(N)=O. The van der Waals surface area contributed by atoms with E-state index in [0.717, 1.165) is 0 Å². The Hall–Kier alpha value is -1.88. The third-order valence-electron chi connectivity index (χ3n) is 2.65. The molecule has 0 aliphatic heterocycles. The minimum atomic E-state index is -0.499. The maximum Gasteiger partial charge on any atom is 0.249 e. The van der Waals surface area contributed by atoms with Gasteiger partial charge in [0.2, 0.25) is 11.8 Å². The molecule has 0 atom stereocenters. The minimum Gasteiger partial charge on any atom is -0.366 e. The number of hydrogen-bond acceptors (Lipinski definition) is 3. The number of carbonyl (C=O) groups excluding carboxylic acids is 2. The summed E-state index contributed by atoms with van der Waals surface area (Å²) in [6.45, 7) is 7.92. The van der Waals surface area contributed by atoms with Gasteiger partial charge in [0.1, 0.15) is 0 Å². The molecule has 0 radical (unpaired) electrons. The van der Waals surface area contributed by atoms with Crippen LogP contribution in [0.15, 0.2) is 18.2 Å². The summed E-state index contributed by atoms with van der Waals surface area (Å²) < 4.78 is 0. The molecule has 5 nitrogen and oxygen atoms in total. The van der Waals surface area contributed by atoms with Gasteiger partial charge in [-0.3, -0.25) is 9.59 Å². The van der Waals surface area contributed by atoms with Gasteiger partial charge in [0, 0.05) is 16.8 Å². The highest BCUT2D eigenvalue weighted by Crippen LogP contribution is 2.18. The van der Waals surface area contributed by atoms with Gasteiger partial charge in [-0.2, -0.15) is 0 Å². The predicted molar refractivity (Wildman–Crippen MR) is 76.1 cm³/mol. The Balaban J connectivity index is 2.75. The van der Waals surface area contributed by atoms with Crippen LogP contribution < -0.4 is 16.4 Å². The molecule has 0 heterocycles. The zero-order valence-corrected chi connectivity index (χ0v) is 11.8. The van der Waals surface area contributed by atoms with E-state index in [2.05, 4.69) is 10.6 Å². The molecule has 4 N–H and O–H groups in total. The van der Waals surface area contributed by atoms with Crippen molar-refractivity contribution >= 4 is 17.5 Å². The lowest BCUT2D eigenvalue weighted by Gasteiger charge is -2.20. The van der Waals surface area contributed by atoms with Crippen molar-refractivity contribution in [3.05, 3.63) is 29.3 Å². The number of nitrogens with one attached hydrogen (secondary N) is 2. The van der Waals surface area contributed by atoms with Gasteiger partial charge in [0.25, 0.3) is 0 Å². The van der Waals surface area contributed by atoms with Crippen molar-refractivity contribution in [3.63, 3.8) is 0 Å². The Kier molecular flexibility index (Phi) is 4.67. The van der Waals surface area contributed by atoms with Crippen molar-refractivity contribution in [1.29, 1.82) is 0 Å². The largest absolute Gasteiger partial charge is 0.366 e. The molecular weight excluding hydrogens is 242 g/mol. The van der Waals surface area contributed by atoms with Gasteiger partial charge in [-0.1, -0.05) is 6.07 Å². The lowest BCUT2D eigenvalue weighted by atomic mass is 10.1. The number of anilines is 1. The van der Waals surface area contributed by atoms with Gasteiger partial charge in [-0.05, 0) is 45.4 Å². The average Bonchev–Trinajstić information content (AvgIpc) is 2.28. The monoisotopic (exact) mass is 263 g/mol. The lowest BCUT2D eigenvalue weighted by Crippen LogP contribution is -2.41. The lowest BCUT2D eigenvalue weighted by molar-refractivity contribution is -0.115. The minimum absolute atomic E-state index is 0.124.